The number of carbonyl (C=O) groups is 1. The van der Waals surface area contributed by atoms with Crippen LogP contribution in [-0.4, -0.2) is 36.7 Å². The van der Waals surface area contributed by atoms with Gasteiger partial charge < -0.3 is 15.6 Å². The molecule has 4 rings (SSSR count). The Morgan fingerprint density at radius 1 is 1.22 bits per heavy atom. The Balaban J connectivity index is 1.78. The zero-order chi connectivity index (χ0) is 26.4. The minimum atomic E-state index is -0.272. The van der Waals surface area contributed by atoms with Crippen LogP contribution in [0, 0.1) is 13.8 Å². The summed E-state index contributed by atoms with van der Waals surface area (Å²) in [5.74, 6) is -0.272. The molecule has 1 aliphatic rings. The molecule has 0 aliphatic carbocycles. The summed E-state index contributed by atoms with van der Waals surface area (Å²) >= 11 is 0. The van der Waals surface area contributed by atoms with Crippen LogP contribution in [0.4, 0.5) is 0 Å². The molecule has 1 aliphatic heterocycles. The Bertz CT molecular complexity index is 1450. The second-order valence-corrected chi connectivity index (χ2v) is 11.3. The van der Waals surface area contributed by atoms with Gasteiger partial charge in [0.1, 0.15) is 0 Å². The number of carbonyl (C=O) groups excluding carboxylic acids is 1. The third-order valence-electron chi connectivity index (χ3n) is 6.35. The van der Waals surface area contributed by atoms with Crippen LogP contribution in [-0.2, 0) is 13.1 Å². The number of aromatic amines is 1. The number of nitrogens with zero attached hydrogens (tertiary/aromatic N) is 3. The van der Waals surface area contributed by atoms with E-state index in [9.17, 15) is 9.59 Å². The first-order valence-electron chi connectivity index (χ1n) is 12.2. The highest BCUT2D eigenvalue weighted by Crippen LogP contribution is 2.34. The van der Waals surface area contributed by atoms with Crippen molar-refractivity contribution in [1.29, 1.82) is 0 Å². The average Bonchev–Trinajstić information content (AvgIpc) is 3.12. The van der Waals surface area contributed by atoms with Crippen molar-refractivity contribution in [2.24, 2.45) is 0 Å². The predicted octanol–water partition coefficient (Wildman–Crippen LogP) is 4.18. The minimum Gasteiger partial charge on any atom is -0.348 e. The number of aryl methyl sites for hydroxylation is 2. The summed E-state index contributed by atoms with van der Waals surface area (Å²) in [6.45, 7) is 18.9. The fourth-order valence-corrected chi connectivity index (χ4v) is 5.22. The quantitative estimate of drug-likeness (QED) is 0.452. The monoisotopic (exact) mass is 488 g/mol. The fourth-order valence-electron chi connectivity index (χ4n) is 5.22. The molecule has 0 fully saturated rings. The number of fused-ring (bicyclic) bond motifs is 1. The third-order valence-corrected chi connectivity index (χ3v) is 6.35. The van der Waals surface area contributed by atoms with E-state index < -0.39 is 0 Å². The number of aromatic nitrogens is 4. The van der Waals surface area contributed by atoms with Gasteiger partial charge in [-0.05, 0) is 78.2 Å². The molecule has 8 heteroatoms. The van der Waals surface area contributed by atoms with Gasteiger partial charge in [0.25, 0.3) is 11.5 Å². The number of H-pyrrole nitrogens is 1. The van der Waals surface area contributed by atoms with Gasteiger partial charge in [0.15, 0.2) is 5.65 Å². The van der Waals surface area contributed by atoms with E-state index in [0.29, 0.717) is 28.7 Å². The van der Waals surface area contributed by atoms with E-state index in [2.05, 4.69) is 61.1 Å². The van der Waals surface area contributed by atoms with Gasteiger partial charge in [-0.2, -0.15) is 5.10 Å². The Hall–Kier alpha value is -3.52. The largest absolute Gasteiger partial charge is 0.348 e. The van der Waals surface area contributed by atoms with Gasteiger partial charge in [0, 0.05) is 28.9 Å². The van der Waals surface area contributed by atoms with Crippen LogP contribution in [0.15, 0.2) is 41.4 Å². The summed E-state index contributed by atoms with van der Waals surface area (Å²) in [5.41, 5.74) is 5.53. The summed E-state index contributed by atoms with van der Waals surface area (Å²) in [5, 5.41) is 11.8. The molecule has 0 radical (unpaired) electrons. The van der Waals surface area contributed by atoms with E-state index in [-0.39, 0.29) is 29.1 Å². The van der Waals surface area contributed by atoms with Gasteiger partial charge >= 0.3 is 0 Å². The van der Waals surface area contributed by atoms with Gasteiger partial charge in [-0.15, -0.1) is 0 Å². The summed E-state index contributed by atoms with van der Waals surface area (Å²) < 4.78 is 1.78. The molecule has 0 aromatic carbocycles. The molecule has 0 saturated heterocycles. The number of amides is 1. The first-order valence-corrected chi connectivity index (χ1v) is 12.2. The molecule has 1 amide bonds. The van der Waals surface area contributed by atoms with Crippen LogP contribution >= 0.6 is 0 Å². The van der Waals surface area contributed by atoms with E-state index in [1.54, 1.807) is 10.9 Å². The first-order chi connectivity index (χ1) is 16.7. The maximum atomic E-state index is 13.5. The van der Waals surface area contributed by atoms with Crippen molar-refractivity contribution in [2.75, 3.05) is 0 Å². The maximum absolute atomic E-state index is 13.5. The van der Waals surface area contributed by atoms with Crippen LogP contribution in [0.3, 0.4) is 0 Å². The Morgan fingerprint density at radius 3 is 2.58 bits per heavy atom. The minimum absolute atomic E-state index is 0.130. The molecule has 4 heterocycles. The second-order valence-electron chi connectivity index (χ2n) is 11.3. The zero-order valence-electron chi connectivity index (χ0n) is 22.3. The Morgan fingerprint density at radius 2 is 1.94 bits per heavy atom. The first kappa shape index (κ1) is 25.6. The molecule has 3 aromatic heterocycles. The lowest BCUT2D eigenvalue weighted by Crippen LogP contribution is -2.53. The Labute approximate surface area is 211 Å². The molecule has 8 nitrogen and oxygen atoms in total. The highest BCUT2D eigenvalue weighted by Gasteiger charge is 2.33. The van der Waals surface area contributed by atoms with E-state index in [4.69, 9.17) is 4.98 Å². The summed E-state index contributed by atoms with van der Waals surface area (Å²) in [6.07, 6.45) is 4.63. The van der Waals surface area contributed by atoms with Gasteiger partial charge in [-0.1, -0.05) is 18.2 Å². The molecular formula is C28H36N6O2. The normalized spacial score (nSPS) is 16.6. The van der Waals surface area contributed by atoms with Gasteiger partial charge in [0.2, 0.25) is 0 Å². The second kappa shape index (κ2) is 9.17. The van der Waals surface area contributed by atoms with Crippen molar-refractivity contribution in [3.63, 3.8) is 0 Å². The highest BCUT2D eigenvalue weighted by atomic mass is 16.1. The third kappa shape index (κ3) is 5.33. The summed E-state index contributed by atoms with van der Waals surface area (Å²) in [6, 6.07) is 3.75. The number of pyridine rings is 2. The molecule has 3 N–H and O–H groups in total. The van der Waals surface area contributed by atoms with Gasteiger partial charge in [-0.3, -0.25) is 9.59 Å². The Kier molecular flexibility index (Phi) is 6.51. The van der Waals surface area contributed by atoms with Gasteiger partial charge in [0.05, 0.1) is 29.4 Å². The molecule has 36 heavy (non-hydrogen) atoms. The molecule has 0 bridgehead atoms. The molecular weight excluding hydrogens is 452 g/mol. The SMILES string of the molecule is C=C(C)Cn1ncc2c(C(=O)NCc3c(C)cc(C)[nH]c3=O)cc(C3=CC(C)(C)NC(C)(C)C3)nc21. The lowest BCUT2D eigenvalue weighted by Gasteiger charge is -2.41. The summed E-state index contributed by atoms with van der Waals surface area (Å²) in [7, 11) is 0. The zero-order valence-corrected chi connectivity index (χ0v) is 22.3. The highest BCUT2D eigenvalue weighted by molar-refractivity contribution is 6.06. The van der Waals surface area contributed by atoms with Crippen molar-refractivity contribution in [3.05, 3.63) is 75.0 Å². The molecule has 190 valence electrons. The lowest BCUT2D eigenvalue weighted by atomic mass is 9.82. The van der Waals surface area contributed by atoms with E-state index in [0.717, 1.165) is 34.5 Å². The summed E-state index contributed by atoms with van der Waals surface area (Å²) in [4.78, 5) is 33.7. The average molecular weight is 489 g/mol. The number of allylic oxidation sites excluding steroid dienone is 1. The van der Waals surface area contributed by atoms with E-state index in [1.165, 1.54) is 0 Å². The number of hydrogen-bond acceptors (Lipinski definition) is 5. The molecule has 3 aromatic rings. The van der Waals surface area contributed by atoms with Crippen LogP contribution in [0.2, 0.25) is 0 Å². The predicted molar refractivity (Wildman–Crippen MR) is 144 cm³/mol. The van der Waals surface area contributed by atoms with Crippen LogP contribution in [0.5, 0.6) is 0 Å². The van der Waals surface area contributed by atoms with Crippen LogP contribution in [0.25, 0.3) is 16.6 Å². The standard InChI is InChI=1S/C28H36N6O2/c1-16(2)15-34-24-22(14-30-34)20(25(35)29-13-21-17(3)9-18(4)31-26(21)36)10-23(32-24)19-11-27(5,6)33-28(7,8)12-19/h9-11,14,33H,1,12-13,15H2,2-8H3,(H,29,35)(H,31,36). The van der Waals surface area contributed by atoms with Gasteiger partial charge in [-0.25, -0.2) is 9.67 Å². The topological polar surface area (TPSA) is 105 Å². The number of hydrogen-bond donors (Lipinski definition) is 3. The lowest BCUT2D eigenvalue weighted by molar-refractivity contribution is 0.0952. The number of nitrogens with one attached hydrogen (secondary N) is 3. The van der Waals surface area contributed by atoms with Crippen LogP contribution in [0.1, 0.15) is 73.9 Å². The molecule has 0 saturated carbocycles. The number of rotatable bonds is 6. The maximum Gasteiger partial charge on any atom is 0.253 e. The van der Waals surface area contributed by atoms with E-state index >= 15 is 0 Å². The van der Waals surface area contributed by atoms with Crippen molar-refractivity contribution in [3.8, 4) is 0 Å². The van der Waals surface area contributed by atoms with E-state index in [1.807, 2.05) is 32.9 Å². The smallest absolute Gasteiger partial charge is 0.253 e. The van der Waals surface area contributed by atoms with Crippen molar-refractivity contribution in [2.45, 2.75) is 79.1 Å². The molecule has 0 spiro atoms. The fraction of sp³-hybridized carbons (Fsp3) is 0.429. The van der Waals surface area contributed by atoms with Crippen molar-refractivity contribution in [1.82, 2.24) is 30.4 Å². The molecule has 0 atom stereocenters. The van der Waals surface area contributed by atoms with Crippen molar-refractivity contribution < 1.29 is 4.79 Å². The van der Waals surface area contributed by atoms with Crippen molar-refractivity contribution >= 4 is 22.5 Å². The van der Waals surface area contributed by atoms with Crippen LogP contribution < -0.4 is 16.2 Å². The molecule has 0 unspecified atom stereocenters.